The number of rotatable bonds is 4. The first-order chi connectivity index (χ1) is 12.6. The quantitative estimate of drug-likeness (QED) is 0.715. The Hall–Kier alpha value is -2.47. The van der Waals surface area contributed by atoms with Crippen molar-refractivity contribution in [1.29, 1.82) is 0 Å². The second-order valence-electron chi connectivity index (χ2n) is 6.86. The van der Waals surface area contributed by atoms with Crippen molar-refractivity contribution in [3.05, 3.63) is 52.2 Å². The molecule has 1 aliphatic carbocycles. The van der Waals surface area contributed by atoms with Gasteiger partial charge in [0.2, 0.25) is 5.91 Å². The second kappa shape index (κ2) is 7.03. The molecule has 0 fully saturated rings. The first-order valence-corrected chi connectivity index (χ1v) is 9.80. The number of thiophene rings is 1. The number of anilines is 1. The summed E-state index contributed by atoms with van der Waals surface area (Å²) < 4.78 is 0. The molecule has 3 aromatic rings. The molecule has 0 saturated carbocycles. The van der Waals surface area contributed by atoms with E-state index in [2.05, 4.69) is 21.9 Å². The van der Waals surface area contributed by atoms with Crippen LogP contribution in [0.25, 0.3) is 10.2 Å². The fourth-order valence-corrected chi connectivity index (χ4v) is 4.89. The van der Waals surface area contributed by atoms with Crippen molar-refractivity contribution in [2.45, 2.75) is 38.6 Å². The summed E-state index contributed by atoms with van der Waals surface area (Å²) in [6.07, 6.45) is 7.76. The van der Waals surface area contributed by atoms with Gasteiger partial charge in [0, 0.05) is 24.0 Å². The van der Waals surface area contributed by atoms with Crippen molar-refractivity contribution < 1.29 is 4.79 Å². The third-order valence-electron chi connectivity index (χ3n) is 5.00. The van der Waals surface area contributed by atoms with Crippen LogP contribution in [-0.4, -0.2) is 22.9 Å². The van der Waals surface area contributed by atoms with Crippen LogP contribution in [0.5, 0.6) is 0 Å². The topological polar surface area (TPSA) is 72.1 Å². The predicted octanol–water partition coefficient (Wildman–Crippen LogP) is 3.70. The third kappa shape index (κ3) is 3.17. The van der Waals surface area contributed by atoms with Gasteiger partial charge in [0.15, 0.2) is 0 Å². The molecule has 0 aliphatic heterocycles. The van der Waals surface area contributed by atoms with Gasteiger partial charge in [0.05, 0.1) is 5.39 Å². The van der Waals surface area contributed by atoms with Crippen molar-refractivity contribution in [2.75, 3.05) is 11.9 Å². The Morgan fingerprint density at radius 3 is 2.69 bits per heavy atom. The van der Waals surface area contributed by atoms with E-state index in [0.717, 1.165) is 35.6 Å². The summed E-state index contributed by atoms with van der Waals surface area (Å²) in [5, 5.41) is 1.23. The molecule has 1 aliphatic rings. The zero-order valence-electron chi connectivity index (χ0n) is 14.9. The molecule has 2 heterocycles. The number of benzene rings is 1. The van der Waals surface area contributed by atoms with Gasteiger partial charge in [-0.1, -0.05) is 18.6 Å². The van der Waals surface area contributed by atoms with Crippen LogP contribution in [-0.2, 0) is 19.4 Å². The molecule has 0 spiro atoms. The number of primary amides is 1. The molecule has 6 heteroatoms. The van der Waals surface area contributed by atoms with Crippen LogP contribution in [0.15, 0.2) is 30.6 Å². The average molecular weight is 366 g/mol. The minimum Gasteiger partial charge on any atom is -0.366 e. The molecule has 4 rings (SSSR count). The minimum atomic E-state index is -0.400. The number of hydrogen-bond donors (Lipinski definition) is 1. The number of nitrogens with zero attached hydrogens (tertiary/aromatic N) is 3. The first-order valence-electron chi connectivity index (χ1n) is 8.98. The van der Waals surface area contributed by atoms with E-state index in [1.165, 1.54) is 35.1 Å². The van der Waals surface area contributed by atoms with E-state index in [9.17, 15) is 4.79 Å². The van der Waals surface area contributed by atoms with Gasteiger partial charge >= 0.3 is 0 Å². The van der Waals surface area contributed by atoms with Crippen LogP contribution >= 0.6 is 11.3 Å². The molecule has 0 bridgehead atoms. The van der Waals surface area contributed by atoms with Crippen LogP contribution in [0.1, 0.15) is 45.6 Å². The predicted molar refractivity (Wildman–Crippen MR) is 106 cm³/mol. The molecule has 26 heavy (non-hydrogen) atoms. The Morgan fingerprint density at radius 1 is 1.15 bits per heavy atom. The summed E-state index contributed by atoms with van der Waals surface area (Å²) in [6, 6.07) is 7.45. The summed E-state index contributed by atoms with van der Waals surface area (Å²) in [5.74, 6) is 0.594. The number of aryl methyl sites for hydroxylation is 2. The van der Waals surface area contributed by atoms with Crippen molar-refractivity contribution in [3.8, 4) is 0 Å². The van der Waals surface area contributed by atoms with Crippen molar-refractivity contribution in [3.63, 3.8) is 0 Å². The zero-order valence-corrected chi connectivity index (χ0v) is 15.7. The Bertz CT molecular complexity index is 948. The molecule has 0 radical (unpaired) electrons. The maximum absolute atomic E-state index is 11.2. The highest BCUT2D eigenvalue weighted by molar-refractivity contribution is 7.18. The lowest BCUT2D eigenvalue weighted by Gasteiger charge is -2.20. The number of nitrogens with two attached hydrogens (primary N) is 1. The number of carbonyl (C=O) groups is 1. The van der Waals surface area contributed by atoms with E-state index in [1.54, 1.807) is 18.5 Å². The van der Waals surface area contributed by atoms with E-state index in [4.69, 9.17) is 5.73 Å². The molecule has 5 nitrogen and oxygen atoms in total. The lowest BCUT2D eigenvalue weighted by Crippen LogP contribution is -2.18. The largest absolute Gasteiger partial charge is 0.366 e. The van der Waals surface area contributed by atoms with Gasteiger partial charge < -0.3 is 10.6 Å². The highest BCUT2D eigenvalue weighted by Gasteiger charge is 2.20. The van der Waals surface area contributed by atoms with Crippen molar-refractivity contribution in [2.24, 2.45) is 5.73 Å². The van der Waals surface area contributed by atoms with Crippen molar-refractivity contribution in [1.82, 2.24) is 9.97 Å². The van der Waals surface area contributed by atoms with Gasteiger partial charge in [-0.3, -0.25) is 4.79 Å². The highest BCUT2D eigenvalue weighted by atomic mass is 32.1. The Morgan fingerprint density at radius 2 is 1.92 bits per heavy atom. The fourth-order valence-electron chi connectivity index (χ4n) is 3.66. The van der Waals surface area contributed by atoms with E-state index < -0.39 is 5.91 Å². The van der Waals surface area contributed by atoms with Crippen LogP contribution in [0, 0.1) is 0 Å². The van der Waals surface area contributed by atoms with Gasteiger partial charge in [-0.15, -0.1) is 11.3 Å². The number of fused-ring (bicyclic) bond motifs is 3. The summed E-state index contributed by atoms with van der Waals surface area (Å²) in [4.78, 5) is 25.1. The normalized spacial score (nSPS) is 14.0. The monoisotopic (exact) mass is 366 g/mol. The molecular weight excluding hydrogens is 344 g/mol. The molecule has 1 aromatic carbocycles. The van der Waals surface area contributed by atoms with E-state index in [1.807, 2.05) is 23.5 Å². The maximum atomic E-state index is 11.2. The third-order valence-corrected chi connectivity index (χ3v) is 6.20. The maximum Gasteiger partial charge on any atom is 0.248 e. The molecule has 1 amide bonds. The molecule has 0 unspecified atom stereocenters. The number of aromatic nitrogens is 2. The fraction of sp³-hybridized carbons (Fsp3) is 0.350. The SMILES string of the molecule is CN(Cc1ccc(C(N)=O)cc1)c1ncnc2sc3c(c12)CCCCC3. The van der Waals surface area contributed by atoms with E-state index >= 15 is 0 Å². The Balaban J connectivity index is 1.67. The van der Waals surface area contributed by atoms with Crippen LogP contribution in [0.4, 0.5) is 5.82 Å². The minimum absolute atomic E-state index is 0.400. The van der Waals surface area contributed by atoms with Gasteiger partial charge in [-0.25, -0.2) is 9.97 Å². The van der Waals surface area contributed by atoms with Gasteiger partial charge in [0.1, 0.15) is 17.0 Å². The standard InChI is InChI=1S/C20H22N4OS/c1-24(11-13-7-9-14(10-8-13)18(21)25)19-17-15-5-3-2-4-6-16(15)26-20(17)23-12-22-19/h7-10,12H,2-6,11H2,1H3,(H2,21,25). The summed E-state index contributed by atoms with van der Waals surface area (Å²) in [7, 11) is 2.06. The highest BCUT2D eigenvalue weighted by Crippen LogP contribution is 2.38. The molecule has 2 N–H and O–H groups in total. The molecular formula is C20H22N4OS. The number of hydrogen-bond acceptors (Lipinski definition) is 5. The van der Waals surface area contributed by atoms with Gasteiger partial charge in [-0.2, -0.15) is 0 Å². The Kier molecular flexibility index (Phi) is 4.59. The van der Waals surface area contributed by atoms with Crippen LogP contribution in [0.2, 0.25) is 0 Å². The molecule has 0 atom stereocenters. The summed E-state index contributed by atoms with van der Waals surface area (Å²) in [5.41, 5.74) is 8.42. The second-order valence-corrected chi connectivity index (χ2v) is 7.94. The number of carbonyl (C=O) groups excluding carboxylic acids is 1. The lowest BCUT2D eigenvalue weighted by atomic mass is 10.1. The zero-order chi connectivity index (χ0) is 18.1. The van der Waals surface area contributed by atoms with Gasteiger partial charge in [-0.05, 0) is 48.9 Å². The Labute approximate surface area is 156 Å². The van der Waals surface area contributed by atoms with Crippen LogP contribution < -0.4 is 10.6 Å². The van der Waals surface area contributed by atoms with E-state index in [-0.39, 0.29) is 0 Å². The lowest BCUT2D eigenvalue weighted by molar-refractivity contribution is 0.100. The number of amides is 1. The molecule has 134 valence electrons. The van der Waals surface area contributed by atoms with Gasteiger partial charge in [0.25, 0.3) is 0 Å². The first kappa shape index (κ1) is 17.0. The molecule has 2 aromatic heterocycles. The average Bonchev–Trinajstić information content (AvgIpc) is 2.83. The van der Waals surface area contributed by atoms with Crippen LogP contribution in [0.3, 0.4) is 0 Å². The summed E-state index contributed by atoms with van der Waals surface area (Å²) in [6.45, 7) is 0.718. The molecule has 0 saturated heterocycles. The smallest absolute Gasteiger partial charge is 0.248 e. The van der Waals surface area contributed by atoms with Crippen molar-refractivity contribution >= 4 is 33.3 Å². The summed E-state index contributed by atoms with van der Waals surface area (Å²) >= 11 is 1.83. The van der Waals surface area contributed by atoms with E-state index in [0.29, 0.717) is 5.56 Å².